The highest BCUT2D eigenvalue weighted by Gasteiger charge is 2.27. The van der Waals surface area contributed by atoms with E-state index in [1.165, 1.54) is 11.3 Å². The standard InChI is InChI=1S/C9H14F3N3OS/c1-3-13-6(2)8-15-14-7(17-8)4-16-5-9(10,11)12/h6,13H,3-5H2,1-2H3. The number of nitrogens with zero attached hydrogens (tertiary/aromatic N) is 2. The van der Waals surface area contributed by atoms with E-state index in [9.17, 15) is 13.2 Å². The van der Waals surface area contributed by atoms with E-state index in [1.807, 2.05) is 13.8 Å². The molecule has 8 heteroatoms. The number of nitrogens with one attached hydrogen (secondary N) is 1. The molecule has 1 unspecified atom stereocenters. The number of alkyl halides is 3. The van der Waals surface area contributed by atoms with Crippen molar-refractivity contribution in [3.05, 3.63) is 10.0 Å². The molecular weight excluding hydrogens is 255 g/mol. The van der Waals surface area contributed by atoms with Crippen molar-refractivity contribution < 1.29 is 17.9 Å². The molecule has 98 valence electrons. The fourth-order valence-corrected chi connectivity index (χ4v) is 1.95. The molecule has 0 fully saturated rings. The van der Waals surface area contributed by atoms with Crippen LogP contribution in [-0.2, 0) is 11.3 Å². The zero-order chi connectivity index (χ0) is 12.9. The summed E-state index contributed by atoms with van der Waals surface area (Å²) >= 11 is 1.25. The van der Waals surface area contributed by atoms with E-state index in [2.05, 4.69) is 20.3 Å². The first-order valence-electron chi connectivity index (χ1n) is 5.12. The van der Waals surface area contributed by atoms with Crippen LogP contribution in [0.2, 0.25) is 0 Å². The Bertz CT molecular complexity index is 342. The summed E-state index contributed by atoms with van der Waals surface area (Å²) in [7, 11) is 0. The number of rotatable bonds is 6. The van der Waals surface area contributed by atoms with Gasteiger partial charge in [0.1, 0.15) is 23.2 Å². The molecule has 1 aromatic rings. The smallest absolute Gasteiger partial charge is 0.365 e. The van der Waals surface area contributed by atoms with E-state index in [4.69, 9.17) is 0 Å². The maximum atomic E-state index is 11.8. The number of aromatic nitrogens is 2. The average molecular weight is 269 g/mol. The lowest BCUT2D eigenvalue weighted by atomic mass is 10.3. The molecule has 1 atom stereocenters. The van der Waals surface area contributed by atoms with E-state index in [1.54, 1.807) is 0 Å². The fourth-order valence-electron chi connectivity index (χ4n) is 1.15. The molecule has 17 heavy (non-hydrogen) atoms. The van der Waals surface area contributed by atoms with Gasteiger partial charge in [0, 0.05) is 0 Å². The van der Waals surface area contributed by atoms with Crippen molar-refractivity contribution in [2.75, 3.05) is 13.2 Å². The van der Waals surface area contributed by atoms with Crippen molar-refractivity contribution in [3.8, 4) is 0 Å². The molecule has 1 N–H and O–H groups in total. The van der Waals surface area contributed by atoms with Gasteiger partial charge in [-0.05, 0) is 13.5 Å². The van der Waals surface area contributed by atoms with E-state index in [0.29, 0.717) is 5.01 Å². The van der Waals surface area contributed by atoms with Gasteiger partial charge in [-0.1, -0.05) is 18.3 Å². The van der Waals surface area contributed by atoms with E-state index < -0.39 is 12.8 Å². The first kappa shape index (κ1) is 14.3. The lowest BCUT2D eigenvalue weighted by Gasteiger charge is -2.06. The number of halogens is 3. The first-order chi connectivity index (χ1) is 7.92. The minimum atomic E-state index is -4.30. The Labute approximate surface area is 101 Å². The van der Waals surface area contributed by atoms with Crippen LogP contribution in [0.15, 0.2) is 0 Å². The van der Waals surface area contributed by atoms with Gasteiger partial charge in [0.2, 0.25) is 0 Å². The number of hydrogen-bond acceptors (Lipinski definition) is 5. The Balaban J connectivity index is 2.40. The largest absolute Gasteiger partial charge is 0.411 e. The van der Waals surface area contributed by atoms with Crippen LogP contribution in [0.3, 0.4) is 0 Å². The quantitative estimate of drug-likeness (QED) is 0.860. The summed E-state index contributed by atoms with van der Waals surface area (Å²) in [6.07, 6.45) is -4.30. The molecule has 0 amide bonds. The second-order valence-electron chi connectivity index (χ2n) is 3.42. The molecule has 0 radical (unpaired) electrons. The van der Waals surface area contributed by atoms with Crippen LogP contribution in [0.1, 0.15) is 29.9 Å². The minimum Gasteiger partial charge on any atom is -0.365 e. The van der Waals surface area contributed by atoms with Crippen molar-refractivity contribution in [1.29, 1.82) is 0 Å². The minimum absolute atomic E-state index is 0.0499. The summed E-state index contributed by atoms with van der Waals surface area (Å²) in [5, 5.41) is 12.0. The molecule has 0 aliphatic carbocycles. The van der Waals surface area contributed by atoms with Gasteiger partial charge in [0.05, 0.1) is 6.04 Å². The van der Waals surface area contributed by atoms with Crippen LogP contribution >= 0.6 is 11.3 Å². The molecule has 0 saturated heterocycles. The van der Waals surface area contributed by atoms with Crippen LogP contribution < -0.4 is 5.32 Å². The van der Waals surface area contributed by atoms with Gasteiger partial charge in [-0.15, -0.1) is 10.2 Å². The van der Waals surface area contributed by atoms with Gasteiger partial charge in [-0.2, -0.15) is 13.2 Å². The first-order valence-corrected chi connectivity index (χ1v) is 5.94. The van der Waals surface area contributed by atoms with Crippen molar-refractivity contribution >= 4 is 11.3 Å². The summed E-state index contributed by atoms with van der Waals surface area (Å²) in [5.74, 6) is 0. The lowest BCUT2D eigenvalue weighted by Crippen LogP contribution is -2.17. The highest BCUT2D eigenvalue weighted by molar-refractivity contribution is 7.11. The highest BCUT2D eigenvalue weighted by atomic mass is 32.1. The summed E-state index contributed by atoms with van der Waals surface area (Å²) in [4.78, 5) is 0. The van der Waals surface area contributed by atoms with E-state index in [0.717, 1.165) is 11.6 Å². The van der Waals surface area contributed by atoms with E-state index >= 15 is 0 Å². The third kappa shape index (κ3) is 5.42. The summed E-state index contributed by atoms with van der Waals surface area (Å²) < 4.78 is 40.0. The second kappa shape index (κ2) is 6.27. The third-order valence-corrected chi connectivity index (χ3v) is 2.93. The fraction of sp³-hybridized carbons (Fsp3) is 0.778. The second-order valence-corrected chi connectivity index (χ2v) is 4.52. The van der Waals surface area contributed by atoms with Gasteiger partial charge in [0.15, 0.2) is 0 Å². The van der Waals surface area contributed by atoms with Crippen molar-refractivity contribution in [2.24, 2.45) is 0 Å². The van der Waals surface area contributed by atoms with Crippen LogP contribution in [0.25, 0.3) is 0 Å². The van der Waals surface area contributed by atoms with Crippen LogP contribution in [0.4, 0.5) is 13.2 Å². The van der Waals surface area contributed by atoms with Crippen LogP contribution in [-0.4, -0.2) is 29.5 Å². The average Bonchev–Trinajstić information content (AvgIpc) is 2.65. The maximum absolute atomic E-state index is 11.8. The molecule has 0 saturated carbocycles. The van der Waals surface area contributed by atoms with Crippen LogP contribution in [0, 0.1) is 0 Å². The van der Waals surface area contributed by atoms with Gasteiger partial charge >= 0.3 is 6.18 Å². The lowest BCUT2D eigenvalue weighted by molar-refractivity contribution is -0.176. The molecule has 0 aliphatic rings. The Morgan fingerprint density at radius 1 is 1.41 bits per heavy atom. The predicted molar refractivity (Wildman–Crippen MR) is 57.7 cm³/mol. The Morgan fingerprint density at radius 2 is 2.12 bits per heavy atom. The predicted octanol–water partition coefficient (Wildman–Crippen LogP) is 2.29. The Morgan fingerprint density at radius 3 is 2.71 bits per heavy atom. The molecule has 0 aliphatic heterocycles. The number of ether oxygens (including phenoxy) is 1. The van der Waals surface area contributed by atoms with Crippen molar-refractivity contribution in [3.63, 3.8) is 0 Å². The van der Waals surface area contributed by atoms with Crippen molar-refractivity contribution in [2.45, 2.75) is 32.7 Å². The van der Waals surface area contributed by atoms with Gasteiger partial charge in [-0.25, -0.2) is 0 Å². The number of hydrogen-bond donors (Lipinski definition) is 1. The van der Waals surface area contributed by atoms with Gasteiger partial charge in [0.25, 0.3) is 0 Å². The summed E-state index contributed by atoms with van der Waals surface area (Å²) in [5.41, 5.74) is 0. The van der Waals surface area contributed by atoms with Gasteiger partial charge < -0.3 is 10.1 Å². The monoisotopic (exact) mass is 269 g/mol. The molecule has 0 bridgehead atoms. The zero-order valence-electron chi connectivity index (χ0n) is 9.54. The summed E-state index contributed by atoms with van der Waals surface area (Å²) in [6, 6.07) is 0.0499. The highest BCUT2D eigenvalue weighted by Crippen LogP contribution is 2.19. The molecule has 1 aromatic heterocycles. The third-order valence-electron chi connectivity index (χ3n) is 1.85. The molecule has 1 heterocycles. The molecule has 0 aromatic carbocycles. The Hall–Kier alpha value is -0.730. The van der Waals surface area contributed by atoms with Crippen LogP contribution in [0.5, 0.6) is 0 Å². The van der Waals surface area contributed by atoms with Crippen molar-refractivity contribution in [1.82, 2.24) is 15.5 Å². The topological polar surface area (TPSA) is 47.0 Å². The summed E-state index contributed by atoms with van der Waals surface area (Å²) in [6.45, 7) is 3.26. The van der Waals surface area contributed by atoms with Gasteiger partial charge in [-0.3, -0.25) is 0 Å². The normalized spacial score (nSPS) is 13.9. The molecule has 4 nitrogen and oxygen atoms in total. The Kier molecular flexibility index (Phi) is 5.29. The maximum Gasteiger partial charge on any atom is 0.411 e. The molecule has 1 rings (SSSR count). The molecular formula is C9H14F3N3OS. The van der Waals surface area contributed by atoms with E-state index in [-0.39, 0.29) is 12.6 Å². The molecule has 0 spiro atoms. The SMILES string of the molecule is CCNC(C)c1nnc(COCC(F)(F)F)s1. The zero-order valence-corrected chi connectivity index (χ0v) is 10.4.